The van der Waals surface area contributed by atoms with Crippen molar-refractivity contribution in [2.24, 2.45) is 7.05 Å². The molecule has 0 radical (unpaired) electrons. The first kappa shape index (κ1) is 21.5. The number of carbonyl (C=O) groups excluding carboxylic acids is 1. The molecule has 1 aliphatic heterocycles. The average molecular weight is 402 g/mol. The van der Waals surface area contributed by atoms with Crippen molar-refractivity contribution in [1.29, 1.82) is 0 Å². The van der Waals surface area contributed by atoms with Crippen molar-refractivity contribution in [3.05, 3.63) is 34.2 Å². The summed E-state index contributed by atoms with van der Waals surface area (Å²) >= 11 is 0. The standard InChI is InChI=1S/C15H20N4O2.C2HF3O2/c1-18(9-10-5-4-8-16-10)14(20)11-6-3-7-12-13(11)17-15(21)19(12)2;3-2(4,5)1(6)7/h3,6-7,10,16H,4-5,8-9H2,1-2H3,(H,17,21);(H,6,7)/t10-;/m1./s1. The van der Waals surface area contributed by atoms with Gasteiger partial charge in [0.15, 0.2) is 0 Å². The van der Waals surface area contributed by atoms with Gasteiger partial charge in [0.1, 0.15) is 0 Å². The van der Waals surface area contributed by atoms with Crippen LogP contribution in [0, 0.1) is 0 Å². The molecule has 3 rings (SSSR count). The number of nitrogens with one attached hydrogen (secondary N) is 2. The van der Waals surface area contributed by atoms with E-state index in [0.29, 0.717) is 23.7 Å². The van der Waals surface area contributed by atoms with Crippen LogP contribution in [0.3, 0.4) is 0 Å². The van der Waals surface area contributed by atoms with Crippen LogP contribution < -0.4 is 11.0 Å². The zero-order chi connectivity index (χ0) is 21.1. The van der Waals surface area contributed by atoms with E-state index in [0.717, 1.165) is 24.9 Å². The van der Waals surface area contributed by atoms with Crippen molar-refractivity contribution in [2.75, 3.05) is 20.1 Å². The van der Waals surface area contributed by atoms with Gasteiger partial charge in [0.05, 0.1) is 16.6 Å². The van der Waals surface area contributed by atoms with Crippen molar-refractivity contribution in [3.63, 3.8) is 0 Å². The van der Waals surface area contributed by atoms with E-state index in [9.17, 15) is 22.8 Å². The molecule has 2 aromatic rings. The third-order valence-electron chi connectivity index (χ3n) is 4.42. The third kappa shape index (κ3) is 4.91. The Morgan fingerprint density at radius 3 is 2.54 bits per heavy atom. The number of benzene rings is 1. The number of aromatic nitrogens is 2. The van der Waals surface area contributed by atoms with Crippen LogP contribution in [0.2, 0.25) is 0 Å². The van der Waals surface area contributed by atoms with Crippen LogP contribution in [-0.2, 0) is 11.8 Å². The number of hydrogen-bond donors (Lipinski definition) is 3. The molecule has 8 nitrogen and oxygen atoms in total. The first-order valence-electron chi connectivity index (χ1n) is 8.49. The number of likely N-dealkylation sites (N-methyl/N-ethyl adjacent to an activating group) is 1. The Morgan fingerprint density at radius 1 is 1.36 bits per heavy atom. The quantitative estimate of drug-likeness (QED) is 0.718. The molecule has 0 unspecified atom stereocenters. The van der Waals surface area contributed by atoms with Gasteiger partial charge < -0.3 is 20.3 Å². The number of aliphatic carboxylic acids is 1. The predicted molar refractivity (Wildman–Crippen MR) is 95.2 cm³/mol. The number of hydrogen-bond acceptors (Lipinski definition) is 4. The van der Waals surface area contributed by atoms with Crippen molar-refractivity contribution in [3.8, 4) is 0 Å². The molecular weight excluding hydrogens is 381 g/mol. The highest BCUT2D eigenvalue weighted by molar-refractivity contribution is 6.04. The van der Waals surface area contributed by atoms with Crippen LogP contribution >= 0.6 is 0 Å². The Kier molecular flexibility index (Phi) is 6.49. The maximum Gasteiger partial charge on any atom is 0.490 e. The van der Waals surface area contributed by atoms with Gasteiger partial charge in [-0.2, -0.15) is 13.2 Å². The van der Waals surface area contributed by atoms with E-state index in [1.54, 1.807) is 18.0 Å². The molecular formula is C17H21F3N4O4. The molecule has 1 aromatic heterocycles. The van der Waals surface area contributed by atoms with Crippen molar-refractivity contribution >= 4 is 22.9 Å². The number of aromatic amines is 1. The number of fused-ring (bicyclic) bond motifs is 1. The van der Waals surface area contributed by atoms with Crippen molar-refractivity contribution in [1.82, 2.24) is 19.8 Å². The molecule has 28 heavy (non-hydrogen) atoms. The van der Waals surface area contributed by atoms with Crippen molar-refractivity contribution in [2.45, 2.75) is 25.1 Å². The molecule has 0 spiro atoms. The van der Waals surface area contributed by atoms with Gasteiger partial charge in [-0.25, -0.2) is 9.59 Å². The lowest BCUT2D eigenvalue weighted by Gasteiger charge is -2.21. The zero-order valence-corrected chi connectivity index (χ0v) is 15.3. The lowest BCUT2D eigenvalue weighted by atomic mass is 10.1. The normalized spacial score (nSPS) is 16.5. The second kappa shape index (κ2) is 8.46. The summed E-state index contributed by atoms with van der Waals surface area (Å²) < 4.78 is 33.3. The number of rotatable bonds is 3. The largest absolute Gasteiger partial charge is 0.490 e. The smallest absolute Gasteiger partial charge is 0.475 e. The summed E-state index contributed by atoms with van der Waals surface area (Å²) in [5.74, 6) is -2.82. The van der Waals surface area contributed by atoms with E-state index >= 15 is 0 Å². The zero-order valence-electron chi connectivity index (χ0n) is 15.3. The van der Waals surface area contributed by atoms with Crippen LogP contribution in [0.25, 0.3) is 11.0 Å². The Balaban J connectivity index is 0.000000345. The van der Waals surface area contributed by atoms with E-state index in [1.165, 1.54) is 4.57 Å². The van der Waals surface area contributed by atoms with Gasteiger partial charge in [-0.15, -0.1) is 0 Å². The van der Waals surface area contributed by atoms with Gasteiger partial charge in [0.25, 0.3) is 5.91 Å². The molecule has 1 atom stereocenters. The summed E-state index contributed by atoms with van der Waals surface area (Å²) in [7, 11) is 3.50. The first-order valence-corrected chi connectivity index (χ1v) is 8.49. The molecule has 2 heterocycles. The minimum absolute atomic E-state index is 0.0591. The summed E-state index contributed by atoms with van der Waals surface area (Å²) in [6, 6.07) is 5.78. The molecule has 1 fully saturated rings. The SMILES string of the molecule is CN(C[C@H]1CCCN1)C(=O)c1cccc2c1[nH]c(=O)n2C.O=C(O)C(F)(F)F. The van der Waals surface area contributed by atoms with Crippen LogP contribution in [0.4, 0.5) is 13.2 Å². The number of para-hydroxylation sites is 1. The molecule has 3 N–H and O–H groups in total. The maximum atomic E-state index is 12.6. The molecule has 0 bridgehead atoms. The fraction of sp³-hybridized carbons (Fsp3) is 0.471. The molecule has 0 saturated carbocycles. The minimum Gasteiger partial charge on any atom is -0.475 e. The maximum absolute atomic E-state index is 12.6. The van der Waals surface area contributed by atoms with Gasteiger partial charge in [-0.1, -0.05) is 6.07 Å². The summed E-state index contributed by atoms with van der Waals surface area (Å²) in [6.07, 6.45) is -2.82. The highest BCUT2D eigenvalue weighted by Crippen LogP contribution is 2.17. The minimum atomic E-state index is -5.08. The molecule has 1 amide bonds. The molecule has 1 aromatic carbocycles. The monoisotopic (exact) mass is 402 g/mol. The number of nitrogens with zero attached hydrogens (tertiary/aromatic N) is 2. The number of carboxylic acids is 1. The number of halogens is 3. The van der Waals surface area contributed by atoms with E-state index in [4.69, 9.17) is 9.90 Å². The summed E-state index contributed by atoms with van der Waals surface area (Å²) in [5.41, 5.74) is 1.70. The number of carbonyl (C=O) groups is 2. The molecule has 1 aliphatic rings. The Morgan fingerprint density at radius 2 is 2.00 bits per heavy atom. The highest BCUT2D eigenvalue weighted by atomic mass is 19.4. The molecule has 11 heteroatoms. The number of aryl methyl sites for hydroxylation is 1. The fourth-order valence-corrected chi connectivity index (χ4v) is 2.96. The number of carboxylic acid groups (broad SMARTS) is 1. The Bertz CT molecular complexity index is 913. The van der Waals surface area contributed by atoms with Gasteiger partial charge in [-0.3, -0.25) is 9.36 Å². The molecule has 154 valence electrons. The molecule has 0 aliphatic carbocycles. The van der Waals surface area contributed by atoms with Gasteiger partial charge in [0.2, 0.25) is 0 Å². The van der Waals surface area contributed by atoms with Gasteiger partial charge in [0, 0.05) is 26.7 Å². The Labute approximate surface area is 157 Å². The predicted octanol–water partition coefficient (Wildman–Crippen LogP) is 1.32. The van der Waals surface area contributed by atoms with Gasteiger partial charge in [-0.05, 0) is 31.5 Å². The lowest BCUT2D eigenvalue weighted by molar-refractivity contribution is -0.192. The number of imidazole rings is 1. The number of H-pyrrole nitrogens is 1. The van der Waals surface area contributed by atoms with Crippen LogP contribution in [-0.4, -0.2) is 63.8 Å². The number of amides is 1. The topological polar surface area (TPSA) is 107 Å². The summed E-state index contributed by atoms with van der Waals surface area (Å²) in [6.45, 7) is 1.71. The Hall–Kier alpha value is -2.82. The second-order valence-corrected chi connectivity index (χ2v) is 6.47. The second-order valence-electron chi connectivity index (χ2n) is 6.47. The van der Waals surface area contributed by atoms with Crippen LogP contribution in [0.5, 0.6) is 0 Å². The lowest BCUT2D eigenvalue weighted by Crippen LogP contribution is -2.38. The summed E-state index contributed by atoms with van der Waals surface area (Å²) in [4.78, 5) is 37.8. The van der Waals surface area contributed by atoms with E-state index in [2.05, 4.69) is 10.3 Å². The first-order chi connectivity index (χ1) is 13.0. The van der Waals surface area contributed by atoms with Crippen LogP contribution in [0.1, 0.15) is 23.2 Å². The van der Waals surface area contributed by atoms with Crippen molar-refractivity contribution < 1.29 is 27.9 Å². The molecule has 1 saturated heterocycles. The average Bonchev–Trinajstić information content (AvgIpc) is 3.22. The highest BCUT2D eigenvalue weighted by Gasteiger charge is 2.38. The third-order valence-corrected chi connectivity index (χ3v) is 4.42. The van der Waals surface area contributed by atoms with E-state index < -0.39 is 12.1 Å². The fourth-order valence-electron chi connectivity index (χ4n) is 2.96. The van der Waals surface area contributed by atoms with Crippen LogP contribution in [0.15, 0.2) is 23.0 Å². The van der Waals surface area contributed by atoms with E-state index in [1.807, 2.05) is 19.2 Å². The van der Waals surface area contributed by atoms with Gasteiger partial charge >= 0.3 is 17.8 Å². The summed E-state index contributed by atoms with van der Waals surface area (Å²) in [5, 5.41) is 10.5. The number of alkyl halides is 3. The van der Waals surface area contributed by atoms with E-state index in [-0.39, 0.29) is 11.6 Å².